The van der Waals surface area contributed by atoms with Crippen molar-refractivity contribution in [1.82, 2.24) is 5.32 Å². The summed E-state index contributed by atoms with van der Waals surface area (Å²) in [6.45, 7) is 1.92. The fraction of sp³-hybridized carbons (Fsp3) is 0.167. The lowest BCUT2D eigenvalue weighted by molar-refractivity contribution is -0.114. The van der Waals surface area contributed by atoms with Crippen LogP contribution >= 0.6 is 11.6 Å². The van der Waals surface area contributed by atoms with E-state index < -0.39 is 22.5 Å². The van der Waals surface area contributed by atoms with Gasteiger partial charge in [0.15, 0.2) is 0 Å². The van der Waals surface area contributed by atoms with Crippen LogP contribution in [0.3, 0.4) is 0 Å². The van der Waals surface area contributed by atoms with Gasteiger partial charge >= 0.3 is 0 Å². The molecule has 0 spiro atoms. The highest BCUT2D eigenvalue weighted by molar-refractivity contribution is 7.92. The van der Waals surface area contributed by atoms with Crippen LogP contribution in [-0.4, -0.2) is 33.3 Å². The van der Waals surface area contributed by atoms with E-state index >= 15 is 0 Å². The van der Waals surface area contributed by atoms with Crippen molar-refractivity contribution >= 4 is 44.8 Å². The van der Waals surface area contributed by atoms with Gasteiger partial charge in [0.05, 0.1) is 21.8 Å². The van der Waals surface area contributed by atoms with E-state index in [0.29, 0.717) is 22.8 Å². The molecule has 0 atom stereocenters. The minimum absolute atomic E-state index is 0.0390. The molecule has 9 heteroatoms. The Morgan fingerprint density at radius 1 is 0.939 bits per heavy atom. The van der Waals surface area contributed by atoms with Gasteiger partial charge in [0, 0.05) is 11.6 Å². The molecule has 0 unspecified atom stereocenters. The van der Waals surface area contributed by atoms with Crippen molar-refractivity contribution in [3.05, 3.63) is 89.4 Å². The molecule has 0 saturated heterocycles. The van der Waals surface area contributed by atoms with E-state index in [0.717, 1.165) is 10.7 Å². The number of rotatable bonds is 9. The van der Waals surface area contributed by atoms with Crippen molar-refractivity contribution in [2.75, 3.05) is 22.7 Å². The number of amides is 2. The Morgan fingerprint density at radius 3 is 2.33 bits per heavy atom. The predicted molar refractivity (Wildman–Crippen MR) is 130 cm³/mol. The maximum absolute atomic E-state index is 13.4. The second kappa shape index (κ2) is 11.0. The van der Waals surface area contributed by atoms with Gasteiger partial charge in [-0.05, 0) is 48.9 Å². The van der Waals surface area contributed by atoms with E-state index in [-0.39, 0.29) is 16.5 Å². The average Bonchev–Trinajstić information content (AvgIpc) is 2.82. The molecule has 2 amide bonds. The lowest BCUT2D eigenvalue weighted by Crippen LogP contribution is -2.38. The Kier molecular flexibility index (Phi) is 8.08. The van der Waals surface area contributed by atoms with Gasteiger partial charge in [-0.15, -0.1) is 0 Å². The van der Waals surface area contributed by atoms with Gasteiger partial charge in [0.2, 0.25) is 5.91 Å². The average molecular weight is 486 g/mol. The highest BCUT2D eigenvalue weighted by atomic mass is 35.5. The Morgan fingerprint density at radius 2 is 1.64 bits per heavy atom. The highest BCUT2D eigenvalue weighted by Gasteiger charge is 2.27. The maximum atomic E-state index is 13.4. The number of halogens is 1. The number of carbonyl (C=O) groups is 2. The van der Waals surface area contributed by atoms with Crippen LogP contribution < -0.4 is 14.9 Å². The number of benzene rings is 3. The van der Waals surface area contributed by atoms with E-state index in [9.17, 15) is 18.0 Å². The van der Waals surface area contributed by atoms with E-state index in [1.54, 1.807) is 60.7 Å². The number of anilines is 2. The van der Waals surface area contributed by atoms with E-state index in [1.165, 1.54) is 18.2 Å². The van der Waals surface area contributed by atoms with Crippen molar-refractivity contribution < 1.29 is 18.0 Å². The molecule has 0 heterocycles. The van der Waals surface area contributed by atoms with E-state index in [2.05, 4.69) is 10.6 Å². The molecule has 0 aliphatic rings. The summed E-state index contributed by atoms with van der Waals surface area (Å²) in [6.07, 6.45) is 0.770. The van der Waals surface area contributed by atoms with Crippen LogP contribution in [0.5, 0.6) is 0 Å². The van der Waals surface area contributed by atoms with Crippen molar-refractivity contribution in [2.24, 2.45) is 0 Å². The summed E-state index contributed by atoms with van der Waals surface area (Å²) < 4.78 is 27.7. The third kappa shape index (κ3) is 6.12. The second-order valence-electron chi connectivity index (χ2n) is 7.15. The first-order chi connectivity index (χ1) is 15.8. The number of para-hydroxylation sites is 1. The molecule has 2 N–H and O–H groups in total. The number of hydrogen-bond donors (Lipinski definition) is 2. The monoisotopic (exact) mass is 485 g/mol. The summed E-state index contributed by atoms with van der Waals surface area (Å²) in [5, 5.41) is 5.77. The number of nitrogens with one attached hydrogen (secondary N) is 2. The first-order valence-corrected chi connectivity index (χ1v) is 12.1. The van der Waals surface area contributed by atoms with Gasteiger partial charge < -0.3 is 10.6 Å². The zero-order valence-electron chi connectivity index (χ0n) is 18.0. The summed E-state index contributed by atoms with van der Waals surface area (Å²) in [5.74, 6) is -0.929. The fourth-order valence-corrected chi connectivity index (χ4v) is 4.73. The molecule has 0 aliphatic heterocycles. The minimum atomic E-state index is -4.06. The molecule has 7 nitrogen and oxygen atoms in total. The molecule has 172 valence electrons. The van der Waals surface area contributed by atoms with Crippen molar-refractivity contribution in [1.29, 1.82) is 0 Å². The van der Waals surface area contributed by atoms with Crippen molar-refractivity contribution in [3.8, 4) is 0 Å². The van der Waals surface area contributed by atoms with Gasteiger partial charge in [0.1, 0.15) is 6.54 Å². The second-order valence-corrected chi connectivity index (χ2v) is 9.45. The molecule has 3 aromatic rings. The van der Waals surface area contributed by atoms with Crippen LogP contribution in [0.15, 0.2) is 83.8 Å². The SMILES string of the molecule is CCCNC(=O)c1ccccc1NC(=O)CN(c1cccc(Cl)c1)S(=O)(=O)c1ccccc1. The first-order valence-electron chi connectivity index (χ1n) is 10.3. The van der Waals surface area contributed by atoms with Crippen LogP contribution in [-0.2, 0) is 14.8 Å². The summed E-state index contributed by atoms with van der Waals surface area (Å²) in [6, 6.07) is 20.6. The van der Waals surface area contributed by atoms with Gasteiger partial charge in [-0.25, -0.2) is 8.42 Å². The van der Waals surface area contributed by atoms with Crippen molar-refractivity contribution in [3.63, 3.8) is 0 Å². The third-order valence-corrected chi connectivity index (χ3v) is 6.72. The van der Waals surface area contributed by atoms with Crippen LogP contribution in [0.25, 0.3) is 0 Å². The topological polar surface area (TPSA) is 95.6 Å². The lowest BCUT2D eigenvalue weighted by Gasteiger charge is -2.24. The lowest BCUT2D eigenvalue weighted by atomic mass is 10.1. The van der Waals surface area contributed by atoms with Crippen LogP contribution in [0.1, 0.15) is 23.7 Å². The third-order valence-electron chi connectivity index (χ3n) is 4.70. The van der Waals surface area contributed by atoms with Gasteiger partial charge in [-0.2, -0.15) is 0 Å². The Balaban J connectivity index is 1.90. The van der Waals surface area contributed by atoms with Gasteiger partial charge in [-0.1, -0.05) is 54.9 Å². The first kappa shape index (κ1) is 24.3. The smallest absolute Gasteiger partial charge is 0.264 e. The van der Waals surface area contributed by atoms with Crippen LogP contribution in [0.2, 0.25) is 5.02 Å². The fourth-order valence-electron chi connectivity index (χ4n) is 3.11. The van der Waals surface area contributed by atoms with Crippen LogP contribution in [0, 0.1) is 0 Å². The summed E-state index contributed by atoms with van der Waals surface area (Å²) in [4.78, 5) is 25.5. The molecule has 33 heavy (non-hydrogen) atoms. The molecular formula is C24H24ClN3O4S. The zero-order valence-corrected chi connectivity index (χ0v) is 19.6. The number of nitrogens with zero attached hydrogens (tertiary/aromatic N) is 1. The Labute approximate surface area is 198 Å². The molecule has 0 fully saturated rings. The molecule has 0 saturated carbocycles. The number of carbonyl (C=O) groups excluding carboxylic acids is 2. The molecule has 3 rings (SSSR count). The molecule has 3 aromatic carbocycles. The standard InChI is InChI=1S/C24H24ClN3O4S/c1-2-15-26-24(30)21-13-6-7-14-22(21)27-23(29)17-28(19-10-8-9-18(25)16-19)33(31,32)20-11-4-3-5-12-20/h3-14,16H,2,15,17H2,1H3,(H,26,30)(H,27,29). The number of sulfonamides is 1. The largest absolute Gasteiger partial charge is 0.352 e. The quantitative estimate of drug-likeness (QED) is 0.472. The molecular weight excluding hydrogens is 462 g/mol. The Bertz CT molecular complexity index is 1230. The molecule has 0 aliphatic carbocycles. The highest BCUT2D eigenvalue weighted by Crippen LogP contribution is 2.26. The van der Waals surface area contributed by atoms with Gasteiger partial charge in [-0.3, -0.25) is 13.9 Å². The van der Waals surface area contributed by atoms with Crippen molar-refractivity contribution in [2.45, 2.75) is 18.2 Å². The van der Waals surface area contributed by atoms with Gasteiger partial charge in [0.25, 0.3) is 15.9 Å². The van der Waals surface area contributed by atoms with E-state index in [4.69, 9.17) is 11.6 Å². The van der Waals surface area contributed by atoms with E-state index in [1.807, 2.05) is 6.92 Å². The predicted octanol–water partition coefficient (Wildman–Crippen LogP) is 4.31. The summed E-state index contributed by atoms with van der Waals surface area (Å²) >= 11 is 6.08. The number of hydrogen-bond acceptors (Lipinski definition) is 4. The summed E-state index contributed by atoms with van der Waals surface area (Å²) in [5.41, 5.74) is 0.828. The van der Waals surface area contributed by atoms with Crippen LogP contribution in [0.4, 0.5) is 11.4 Å². The molecule has 0 aromatic heterocycles. The molecule has 0 radical (unpaired) electrons. The molecule has 0 bridgehead atoms. The summed E-state index contributed by atoms with van der Waals surface area (Å²) in [7, 11) is -4.06. The normalized spacial score (nSPS) is 11.0. The Hall–Kier alpha value is -3.36. The zero-order chi connectivity index (χ0) is 23.8. The minimum Gasteiger partial charge on any atom is -0.352 e. The maximum Gasteiger partial charge on any atom is 0.264 e.